The van der Waals surface area contributed by atoms with Gasteiger partial charge in [-0.3, -0.25) is 0 Å². The van der Waals surface area contributed by atoms with Crippen LogP contribution in [0.15, 0.2) is 42.6 Å². The molecule has 1 N–H and O–H groups in total. The van der Waals surface area contributed by atoms with Crippen molar-refractivity contribution in [1.29, 1.82) is 0 Å². The molecule has 0 unspecified atom stereocenters. The van der Waals surface area contributed by atoms with Gasteiger partial charge in [-0.1, -0.05) is 12.1 Å². The van der Waals surface area contributed by atoms with E-state index >= 15 is 0 Å². The van der Waals surface area contributed by atoms with Crippen LogP contribution in [-0.4, -0.2) is 24.8 Å². The van der Waals surface area contributed by atoms with Gasteiger partial charge >= 0.3 is 0 Å². The molecule has 3 nitrogen and oxygen atoms in total. The number of benzene rings is 1. The molecule has 108 valence electrons. The Labute approximate surface area is 119 Å². The molecular weight excluding hydrogens is 255 g/mol. The van der Waals surface area contributed by atoms with Gasteiger partial charge in [-0.05, 0) is 42.8 Å². The molecule has 0 saturated heterocycles. The highest BCUT2D eigenvalue weighted by Crippen LogP contribution is 2.09. The number of hydrogen-bond donors (Lipinski definition) is 1. The van der Waals surface area contributed by atoms with Gasteiger partial charge in [0.05, 0.1) is 0 Å². The number of nitrogens with one attached hydrogen (secondary N) is 1. The molecule has 2 aromatic rings. The Kier molecular flexibility index (Phi) is 5.77. The van der Waals surface area contributed by atoms with Gasteiger partial charge in [0.1, 0.15) is 5.82 Å². The van der Waals surface area contributed by atoms with E-state index < -0.39 is 0 Å². The van der Waals surface area contributed by atoms with Crippen molar-refractivity contribution in [1.82, 2.24) is 9.88 Å². The zero-order valence-electron chi connectivity index (χ0n) is 11.8. The molecule has 0 atom stereocenters. The number of halogens is 1. The Balaban J connectivity index is 1.86. The quantitative estimate of drug-likeness (QED) is 0.750. The Morgan fingerprint density at radius 1 is 1.20 bits per heavy atom. The van der Waals surface area contributed by atoms with E-state index in [0.717, 1.165) is 38.2 Å². The number of ether oxygens (including phenoxy) is 1. The summed E-state index contributed by atoms with van der Waals surface area (Å²) in [5.41, 5.74) is 2.33. The van der Waals surface area contributed by atoms with Crippen LogP contribution in [0.5, 0.6) is 0 Å². The van der Waals surface area contributed by atoms with Crippen LogP contribution in [0.4, 0.5) is 4.39 Å². The summed E-state index contributed by atoms with van der Waals surface area (Å²) in [6.45, 7) is 3.32. The van der Waals surface area contributed by atoms with Crippen molar-refractivity contribution < 1.29 is 9.13 Å². The number of aromatic nitrogens is 1. The van der Waals surface area contributed by atoms with Crippen LogP contribution < -0.4 is 5.32 Å². The number of rotatable bonds is 8. The summed E-state index contributed by atoms with van der Waals surface area (Å²) in [7, 11) is 1.72. The highest BCUT2D eigenvalue weighted by molar-refractivity contribution is 5.18. The maximum atomic E-state index is 12.9. The summed E-state index contributed by atoms with van der Waals surface area (Å²) in [5.74, 6) is -0.193. The minimum Gasteiger partial charge on any atom is -0.385 e. The monoisotopic (exact) mass is 276 g/mol. The average molecular weight is 276 g/mol. The fourth-order valence-electron chi connectivity index (χ4n) is 2.11. The van der Waals surface area contributed by atoms with Gasteiger partial charge in [0, 0.05) is 38.7 Å². The highest BCUT2D eigenvalue weighted by Gasteiger charge is 2.02. The minimum absolute atomic E-state index is 0.193. The lowest BCUT2D eigenvalue weighted by Gasteiger charge is -2.10. The van der Waals surface area contributed by atoms with E-state index in [1.54, 1.807) is 7.11 Å². The number of nitrogens with zero attached hydrogens (tertiary/aromatic N) is 1. The summed E-state index contributed by atoms with van der Waals surface area (Å²) in [6.07, 6.45) is 3.06. The first-order valence-corrected chi connectivity index (χ1v) is 6.87. The molecule has 1 heterocycles. The van der Waals surface area contributed by atoms with Crippen LogP contribution in [-0.2, 0) is 17.8 Å². The molecular formula is C16H21FN2O. The molecule has 0 radical (unpaired) electrons. The van der Waals surface area contributed by atoms with Crippen molar-refractivity contribution >= 4 is 0 Å². The van der Waals surface area contributed by atoms with Crippen LogP contribution in [0.3, 0.4) is 0 Å². The van der Waals surface area contributed by atoms with Crippen molar-refractivity contribution in [2.24, 2.45) is 0 Å². The summed E-state index contributed by atoms with van der Waals surface area (Å²) in [4.78, 5) is 0. The van der Waals surface area contributed by atoms with E-state index in [0.29, 0.717) is 0 Å². The SMILES string of the molecule is COCCCNCc1cccn1Cc1ccc(F)cc1. The molecule has 0 aliphatic rings. The second kappa shape index (κ2) is 7.82. The third-order valence-corrected chi connectivity index (χ3v) is 3.20. The van der Waals surface area contributed by atoms with Crippen LogP contribution >= 0.6 is 0 Å². The lowest BCUT2D eigenvalue weighted by Crippen LogP contribution is -2.18. The first-order valence-electron chi connectivity index (χ1n) is 6.87. The van der Waals surface area contributed by atoms with Crippen LogP contribution in [0.25, 0.3) is 0 Å². The van der Waals surface area contributed by atoms with Gasteiger partial charge in [0.15, 0.2) is 0 Å². The van der Waals surface area contributed by atoms with Gasteiger partial charge in [-0.15, -0.1) is 0 Å². The molecule has 0 saturated carbocycles. The van der Waals surface area contributed by atoms with Crippen LogP contribution in [0, 0.1) is 5.82 Å². The lowest BCUT2D eigenvalue weighted by atomic mass is 10.2. The number of hydrogen-bond acceptors (Lipinski definition) is 2. The molecule has 4 heteroatoms. The van der Waals surface area contributed by atoms with E-state index in [1.807, 2.05) is 18.2 Å². The maximum Gasteiger partial charge on any atom is 0.123 e. The molecule has 1 aromatic heterocycles. The Bertz CT molecular complexity index is 507. The largest absolute Gasteiger partial charge is 0.385 e. The summed E-state index contributed by atoms with van der Waals surface area (Å²) >= 11 is 0. The standard InChI is InChI=1S/C16H21FN2O/c1-20-11-3-9-18-12-16-4-2-10-19(16)13-14-5-7-15(17)8-6-14/h2,4-8,10,18H,3,9,11-13H2,1H3. The molecule has 0 spiro atoms. The summed E-state index contributed by atoms with van der Waals surface area (Å²) in [6, 6.07) is 10.8. The smallest absolute Gasteiger partial charge is 0.123 e. The summed E-state index contributed by atoms with van der Waals surface area (Å²) in [5, 5.41) is 3.40. The topological polar surface area (TPSA) is 26.2 Å². The van der Waals surface area contributed by atoms with Gasteiger partial charge < -0.3 is 14.6 Å². The fourth-order valence-corrected chi connectivity index (χ4v) is 2.11. The molecule has 20 heavy (non-hydrogen) atoms. The second-order valence-electron chi connectivity index (χ2n) is 4.78. The summed E-state index contributed by atoms with van der Waals surface area (Å²) < 4.78 is 20.1. The molecule has 2 rings (SSSR count). The molecule has 0 aliphatic carbocycles. The van der Waals surface area contributed by atoms with Crippen molar-refractivity contribution in [2.45, 2.75) is 19.5 Å². The molecule has 0 fully saturated rings. The van der Waals surface area contributed by atoms with E-state index in [1.165, 1.54) is 17.8 Å². The van der Waals surface area contributed by atoms with Gasteiger partial charge in [0.2, 0.25) is 0 Å². The minimum atomic E-state index is -0.193. The van der Waals surface area contributed by atoms with Crippen molar-refractivity contribution in [3.8, 4) is 0 Å². The highest BCUT2D eigenvalue weighted by atomic mass is 19.1. The third-order valence-electron chi connectivity index (χ3n) is 3.20. The lowest BCUT2D eigenvalue weighted by molar-refractivity contribution is 0.194. The molecule has 0 bridgehead atoms. The normalized spacial score (nSPS) is 10.9. The van der Waals surface area contributed by atoms with E-state index in [-0.39, 0.29) is 5.82 Å². The van der Waals surface area contributed by atoms with Gasteiger partial charge in [-0.2, -0.15) is 0 Å². The maximum absolute atomic E-state index is 12.9. The van der Waals surface area contributed by atoms with Crippen molar-refractivity contribution in [3.63, 3.8) is 0 Å². The second-order valence-corrected chi connectivity index (χ2v) is 4.78. The van der Waals surface area contributed by atoms with Crippen molar-refractivity contribution in [2.75, 3.05) is 20.3 Å². The van der Waals surface area contributed by atoms with E-state index in [4.69, 9.17) is 4.74 Å². The first kappa shape index (κ1) is 14.8. The van der Waals surface area contributed by atoms with Crippen LogP contribution in [0.1, 0.15) is 17.7 Å². The van der Waals surface area contributed by atoms with Crippen LogP contribution in [0.2, 0.25) is 0 Å². The average Bonchev–Trinajstić information content (AvgIpc) is 2.89. The predicted molar refractivity (Wildman–Crippen MR) is 78.1 cm³/mol. The fraction of sp³-hybridized carbons (Fsp3) is 0.375. The van der Waals surface area contributed by atoms with E-state index in [9.17, 15) is 4.39 Å². The zero-order valence-corrected chi connectivity index (χ0v) is 11.8. The number of methoxy groups -OCH3 is 1. The Morgan fingerprint density at radius 3 is 2.75 bits per heavy atom. The first-order chi connectivity index (χ1) is 9.79. The molecule has 0 aliphatic heterocycles. The molecule has 1 aromatic carbocycles. The van der Waals surface area contributed by atoms with Gasteiger partial charge in [-0.25, -0.2) is 4.39 Å². The Hall–Kier alpha value is -1.65. The Morgan fingerprint density at radius 2 is 2.00 bits per heavy atom. The van der Waals surface area contributed by atoms with Crippen molar-refractivity contribution in [3.05, 3.63) is 59.7 Å². The predicted octanol–water partition coefficient (Wildman–Crippen LogP) is 2.80. The van der Waals surface area contributed by atoms with E-state index in [2.05, 4.69) is 22.1 Å². The van der Waals surface area contributed by atoms with Gasteiger partial charge in [0.25, 0.3) is 0 Å². The molecule has 0 amide bonds. The zero-order chi connectivity index (χ0) is 14.2. The third kappa shape index (κ3) is 4.47.